The molecular weight excluding hydrogens is 231 g/mol. The van der Waals surface area contributed by atoms with Crippen LogP contribution in [0.4, 0.5) is 4.39 Å². The van der Waals surface area contributed by atoms with Gasteiger partial charge in [-0.1, -0.05) is 26.0 Å². The van der Waals surface area contributed by atoms with Gasteiger partial charge in [-0.05, 0) is 29.5 Å². The molecule has 0 saturated carbocycles. The van der Waals surface area contributed by atoms with Crippen LogP contribution in [0.25, 0.3) is 0 Å². The van der Waals surface area contributed by atoms with Gasteiger partial charge in [0, 0.05) is 0 Å². The number of hydrogen-bond acceptors (Lipinski definition) is 2. The van der Waals surface area contributed by atoms with Gasteiger partial charge in [0.05, 0.1) is 5.75 Å². The van der Waals surface area contributed by atoms with Gasteiger partial charge in [0.1, 0.15) is 5.82 Å². The fraction of sp³-hybridized carbons (Fsp3) is 0.455. The molecule has 0 heterocycles. The number of rotatable bonds is 4. The summed E-state index contributed by atoms with van der Waals surface area (Å²) in [5, 5.41) is 0. The van der Waals surface area contributed by atoms with Crippen LogP contribution in [-0.2, 0) is 16.5 Å². The Kier molecular flexibility index (Phi) is 3.70. The van der Waals surface area contributed by atoms with E-state index in [-0.39, 0.29) is 11.6 Å². The molecule has 1 aromatic carbocycles. The Morgan fingerprint density at radius 3 is 2.50 bits per heavy atom. The highest BCUT2D eigenvalue weighted by atomic mass is 32.2. The average molecular weight is 246 g/mol. The summed E-state index contributed by atoms with van der Waals surface area (Å²) in [4.78, 5) is 0. The quantitative estimate of drug-likeness (QED) is 0.829. The first-order valence-electron chi connectivity index (χ1n) is 4.88. The maximum Gasteiger partial charge on any atom is 0.265 e. The van der Waals surface area contributed by atoms with Crippen LogP contribution in [0.5, 0.6) is 0 Å². The van der Waals surface area contributed by atoms with Gasteiger partial charge in [0.15, 0.2) is 0 Å². The Labute approximate surface area is 95.1 Å². The van der Waals surface area contributed by atoms with Gasteiger partial charge in [-0.25, -0.2) is 4.39 Å². The topological polar surface area (TPSA) is 54.4 Å². The largest absolute Gasteiger partial charge is 0.286 e. The second-order valence-electron chi connectivity index (χ2n) is 4.70. The number of benzene rings is 1. The lowest BCUT2D eigenvalue weighted by atomic mass is 9.88. The predicted molar refractivity (Wildman–Crippen MR) is 60.3 cm³/mol. The smallest absolute Gasteiger partial charge is 0.265 e. The molecule has 0 saturated heterocycles. The van der Waals surface area contributed by atoms with E-state index >= 15 is 0 Å². The average Bonchev–Trinajstić information content (AvgIpc) is 1.96. The summed E-state index contributed by atoms with van der Waals surface area (Å²) in [6.45, 7) is 3.43. The fourth-order valence-corrected chi connectivity index (χ4v) is 2.83. The summed E-state index contributed by atoms with van der Waals surface area (Å²) in [5.74, 6) is -0.684. The van der Waals surface area contributed by atoms with Crippen molar-refractivity contribution in [1.82, 2.24) is 0 Å². The van der Waals surface area contributed by atoms with Crippen molar-refractivity contribution in [3.8, 4) is 0 Å². The zero-order valence-corrected chi connectivity index (χ0v) is 10.1. The Morgan fingerprint density at radius 1 is 1.38 bits per heavy atom. The van der Waals surface area contributed by atoms with Crippen molar-refractivity contribution in [2.45, 2.75) is 20.3 Å². The molecule has 0 aliphatic rings. The zero-order chi connectivity index (χ0) is 12.4. The van der Waals surface area contributed by atoms with Gasteiger partial charge in [0.25, 0.3) is 10.1 Å². The van der Waals surface area contributed by atoms with E-state index in [9.17, 15) is 12.8 Å². The molecule has 16 heavy (non-hydrogen) atoms. The third-order valence-electron chi connectivity index (χ3n) is 2.14. The second kappa shape index (κ2) is 4.51. The van der Waals surface area contributed by atoms with Crippen LogP contribution in [0.3, 0.4) is 0 Å². The minimum absolute atomic E-state index is 0.337. The van der Waals surface area contributed by atoms with Crippen molar-refractivity contribution >= 4 is 10.1 Å². The Bertz CT molecular complexity index is 466. The summed E-state index contributed by atoms with van der Waals surface area (Å²) >= 11 is 0. The molecule has 0 atom stereocenters. The molecule has 1 N–H and O–H groups in total. The molecule has 0 fully saturated rings. The van der Waals surface area contributed by atoms with Gasteiger partial charge in [-0.15, -0.1) is 0 Å². The van der Waals surface area contributed by atoms with Crippen LogP contribution in [0.1, 0.15) is 19.4 Å². The first kappa shape index (κ1) is 13.1. The van der Waals surface area contributed by atoms with E-state index in [1.165, 1.54) is 12.1 Å². The van der Waals surface area contributed by atoms with Crippen LogP contribution < -0.4 is 0 Å². The summed E-state index contributed by atoms with van der Waals surface area (Å²) in [5.41, 5.74) is 0.0927. The Balaban J connectivity index is 2.80. The second-order valence-corrected chi connectivity index (χ2v) is 6.15. The van der Waals surface area contributed by atoms with Gasteiger partial charge < -0.3 is 0 Å². The highest BCUT2D eigenvalue weighted by Crippen LogP contribution is 2.23. The SMILES string of the molecule is CC(C)(Cc1cccc(F)c1)CS(=O)(=O)O. The van der Waals surface area contributed by atoms with E-state index in [0.29, 0.717) is 12.0 Å². The summed E-state index contributed by atoms with van der Waals surface area (Å²) in [7, 11) is -4.01. The number of halogens is 1. The molecule has 1 aromatic rings. The van der Waals surface area contributed by atoms with E-state index in [1.54, 1.807) is 26.0 Å². The molecular formula is C11H15FO3S. The molecule has 0 aromatic heterocycles. The van der Waals surface area contributed by atoms with Crippen molar-refractivity contribution in [2.24, 2.45) is 5.41 Å². The maximum absolute atomic E-state index is 12.9. The lowest BCUT2D eigenvalue weighted by Gasteiger charge is -2.22. The molecule has 0 amide bonds. The molecule has 0 spiro atoms. The van der Waals surface area contributed by atoms with Crippen molar-refractivity contribution in [2.75, 3.05) is 5.75 Å². The molecule has 0 bridgehead atoms. The zero-order valence-electron chi connectivity index (χ0n) is 9.27. The normalized spacial score (nSPS) is 12.8. The van der Waals surface area contributed by atoms with Crippen molar-refractivity contribution in [3.63, 3.8) is 0 Å². The third kappa shape index (κ3) is 4.72. The van der Waals surface area contributed by atoms with Crippen LogP contribution >= 0.6 is 0 Å². The highest BCUT2D eigenvalue weighted by molar-refractivity contribution is 7.85. The molecule has 90 valence electrons. The maximum atomic E-state index is 12.9. The summed E-state index contributed by atoms with van der Waals surface area (Å²) in [6, 6.07) is 6.01. The van der Waals surface area contributed by atoms with E-state index in [2.05, 4.69) is 0 Å². The Hall–Kier alpha value is -0.940. The molecule has 0 aliphatic carbocycles. The Morgan fingerprint density at radius 2 is 2.00 bits per heavy atom. The lowest BCUT2D eigenvalue weighted by molar-refractivity contribution is 0.386. The first-order valence-corrected chi connectivity index (χ1v) is 6.48. The summed E-state index contributed by atoms with van der Waals surface area (Å²) in [6.07, 6.45) is 0.393. The molecule has 5 heteroatoms. The van der Waals surface area contributed by atoms with Gasteiger partial charge in [0.2, 0.25) is 0 Å². The molecule has 0 aliphatic heterocycles. The van der Waals surface area contributed by atoms with E-state index < -0.39 is 15.5 Å². The summed E-state index contributed by atoms with van der Waals surface area (Å²) < 4.78 is 43.3. The van der Waals surface area contributed by atoms with Gasteiger partial charge in [-0.3, -0.25) is 4.55 Å². The molecule has 1 rings (SSSR count). The number of hydrogen-bond donors (Lipinski definition) is 1. The standard InChI is InChI=1S/C11H15FO3S/c1-11(2,8-16(13,14)15)7-9-4-3-5-10(12)6-9/h3-6H,7-8H2,1-2H3,(H,13,14,15). The van der Waals surface area contributed by atoms with Crippen LogP contribution in [0.15, 0.2) is 24.3 Å². The molecule has 3 nitrogen and oxygen atoms in total. The van der Waals surface area contributed by atoms with Crippen molar-refractivity contribution in [1.29, 1.82) is 0 Å². The predicted octanol–water partition coefficient (Wildman–Crippen LogP) is 2.28. The molecule has 0 unspecified atom stereocenters. The van der Waals surface area contributed by atoms with Crippen LogP contribution in [-0.4, -0.2) is 18.7 Å². The first-order chi connectivity index (χ1) is 7.18. The van der Waals surface area contributed by atoms with Crippen LogP contribution in [0.2, 0.25) is 0 Å². The van der Waals surface area contributed by atoms with Gasteiger partial charge in [-0.2, -0.15) is 8.42 Å². The van der Waals surface area contributed by atoms with E-state index in [4.69, 9.17) is 4.55 Å². The van der Waals surface area contributed by atoms with Gasteiger partial charge >= 0.3 is 0 Å². The van der Waals surface area contributed by atoms with E-state index in [1.807, 2.05) is 0 Å². The lowest BCUT2D eigenvalue weighted by Crippen LogP contribution is -2.25. The minimum atomic E-state index is -4.01. The van der Waals surface area contributed by atoms with Crippen LogP contribution in [0, 0.1) is 11.2 Å². The third-order valence-corrected chi connectivity index (χ3v) is 3.29. The fourth-order valence-electron chi connectivity index (χ4n) is 1.74. The molecule has 0 radical (unpaired) electrons. The monoisotopic (exact) mass is 246 g/mol. The van der Waals surface area contributed by atoms with Crippen molar-refractivity contribution in [3.05, 3.63) is 35.6 Å². The van der Waals surface area contributed by atoms with E-state index in [0.717, 1.165) is 0 Å². The highest BCUT2D eigenvalue weighted by Gasteiger charge is 2.25. The minimum Gasteiger partial charge on any atom is -0.286 e. The van der Waals surface area contributed by atoms with Crippen molar-refractivity contribution < 1.29 is 17.4 Å².